The molecule has 1 rings (SSSR count). The maximum Gasteiger partial charge on any atom is 0.574 e. The Labute approximate surface area is 103 Å². The molecule has 1 aromatic rings. The molecule has 18 heavy (non-hydrogen) atoms. The molecule has 0 aliphatic heterocycles. The Hall–Kier alpha value is -1.70. The normalized spacial score (nSPS) is 11.3. The summed E-state index contributed by atoms with van der Waals surface area (Å²) in [7, 11) is 0. The number of aliphatic carboxylic acids is 1. The van der Waals surface area contributed by atoms with Crippen LogP contribution in [-0.2, 0) is 17.1 Å². The first-order valence-corrected chi connectivity index (χ1v) is 5.05. The third kappa shape index (κ3) is 3.66. The molecule has 0 bridgehead atoms. The molecule has 1 heterocycles. The summed E-state index contributed by atoms with van der Waals surface area (Å²) in [6, 6.07) is 0. The van der Waals surface area contributed by atoms with E-state index >= 15 is 0 Å². The van der Waals surface area contributed by atoms with E-state index in [9.17, 15) is 22.8 Å². The van der Waals surface area contributed by atoms with E-state index in [1.54, 1.807) is 0 Å². The van der Waals surface area contributed by atoms with Gasteiger partial charge in [-0.05, 0) is 0 Å². The SMILES string of the molecule is O=C(O)Cc1c[nH]c(OC(F)(F)F)c(CCl)c1=O. The fraction of sp³-hybridized carbons (Fsp3) is 0.333. The van der Waals surface area contributed by atoms with Gasteiger partial charge in [-0.3, -0.25) is 9.59 Å². The van der Waals surface area contributed by atoms with Gasteiger partial charge in [0.05, 0.1) is 17.9 Å². The fourth-order valence-corrected chi connectivity index (χ4v) is 1.47. The Kier molecular flexibility index (Phi) is 4.23. The molecule has 100 valence electrons. The molecule has 1 aromatic heterocycles. The first-order chi connectivity index (χ1) is 8.24. The Morgan fingerprint density at radius 3 is 2.56 bits per heavy atom. The van der Waals surface area contributed by atoms with Crippen molar-refractivity contribution >= 4 is 17.6 Å². The quantitative estimate of drug-likeness (QED) is 0.824. The number of carboxylic acid groups (broad SMARTS) is 1. The molecule has 5 nitrogen and oxygen atoms in total. The second-order valence-corrected chi connectivity index (χ2v) is 3.47. The van der Waals surface area contributed by atoms with Crippen molar-refractivity contribution in [3.8, 4) is 5.88 Å². The highest BCUT2D eigenvalue weighted by Gasteiger charge is 2.33. The molecule has 0 amide bonds. The monoisotopic (exact) mass is 285 g/mol. The van der Waals surface area contributed by atoms with Gasteiger partial charge in [-0.25, -0.2) is 0 Å². The summed E-state index contributed by atoms with van der Waals surface area (Å²) in [5.41, 5.74) is -1.55. The standard InChI is InChI=1S/C9H7ClF3NO4/c10-2-5-7(17)4(1-6(15)16)3-14-8(5)18-9(11,12)13/h3H,1-2H2,(H,14,17)(H,15,16). The van der Waals surface area contributed by atoms with Gasteiger partial charge in [-0.15, -0.1) is 24.8 Å². The lowest BCUT2D eigenvalue weighted by Gasteiger charge is -2.12. The van der Waals surface area contributed by atoms with E-state index in [0.29, 0.717) is 0 Å². The van der Waals surface area contributed by atoms with Gasteiger partial charge in [0.15, 0.2) is 5.43 Å². The molecule has 0 fully saturated rings. The van der Waals surface area contributed by atoms with Crippen molar-refractivity contribution in [2.24, 2.45) is 0 Å². The van der Waals surface area contributed by atoms with Crippen LogP contribution in [0.2, 0.25) is 0 Å². The van der Waals surface area contributed by atoms with Gasteiger partial charge in [0.25, 0.3) is 0 Å². The molecular weight excluding hydrogens is 279 g/mol. The van der Waals surface area contributed by atoms with Crippen LogP contribution < -0.4 is 10.2 Å². The van der Waals surface area contributed by atoms with E-state index in [1.165, 1.54) is 0 Å². The number of ether oxygens (including phenoxy) is 1. The Balaban J connectivity index is 3.21. The van der Waals surface area contributed by atoms with Crippen molar-refractivity contribution in [1.82, 2.24) is 4.98 Å². The zero-order valence-electron chi connectivity index (χ0n) is 8.68. The number of alkyl halides is 4. The molecule has 0 aliphatic carbocycles. The predicted octanol–water partition coefficient (Wildman–Crippen LogP) is 1.64. The summed E-state index contributed by atoms with van der Waals surface area (Å²) in [6.45, 7) is 0. The summed E-state index contributed by atoms with van der Waals surface area (Å²) >= 11 is 5.36. The summed E-state index contributed by atoms with van der Waals surface area (Å²) < 4.78 is 39.6. The average Bonchev–Trinajstić information content (AvgIpc) is 2.20. The van der Waals surface area contributed by atoms with Crippen LogP contribution in [-0.4, -0.2) is 22.4 Å². The first kappa shape index (κ1) is 14.4. The van der Waals surface area contributed by atoms with Crippen LogP contribution in [0.15, 0.2) is 11.0 Å². The zero-order valence-corrected chi connectivity index (χ0v) is 9.43. The third-order valence-corrected chi connectivity index (χ3v) is 2.18. The van der Waals surface area contributed by atoms with Crippen LogP contribution in [0.5, 0.6) is 5.88 Å². The molecule has 2 N–H and O–H groups in total. The van der Waals surface area contributed by atoms with E-state index < -0.39 is 41.5 Å². The summed E-state index contributed by atoms with van der Waals surface area (Å²) in [4.78, 5) is 24.1. The molecule has 0 aromatic carbocycles. The van der Waals surface area contributed by atoms with Gasteiger partial charge in [-0.1, -0.05) is 0 Å². The minimum absolute atomic E-state index is 0.201. The average molecular weight is 286 g/mol. The Morgan fingerprint density at radius 2 is 2.11 bits per heavy atom. The van der Waals surface area contributed by atoms with Crippen LogP contribution in [0.3, 0.4) is 0 Å². The molecule has 0 spiro atoms. The van der Waals surface area contributed by atoms with Crippen LogP contribution in [0.4, 0.5) is 13.2 Å². The third-order valence-electron chi connectivity index (χ3n) is 1.91. The van der Waals surface area contributed by atoms with E-state index in [0.717, 1.165) is 6.20 Å². The number of carbonyl (C=O) groups is 1. The highest BCUT2D eigenvalue weighted by Crippen LogP contribution is 2.23. The highest BCUT2D eigenvalue weighted by atomic mass is 35.5. The molecule has 0 saturated carbocycles. The molecule has 0 saturated heterocycles. The van der Waals surface area contributed by atoms with Crippen molar-refractivity contribution < 1.29 is 27.8 Å². The molecule has 0 unspecified atom stereocenters. The number of pyridine rings is 1. The minimum Gasteiger partial charge on any atom is -0.481 e. The number of aromatic nitrogens is 1. The maximum atomic E-state index is 12.0. The number of aromatic amines is 1. The van der Waals surface area contributed by atoms with Crippen LogP contribution in [0.1, 0.15) is 11.1 Å². The summed E-state index contributed by atoms with van der Waals surface area (Å²) in [5, 5.41) is 8.51. The number of rotatable bonds is 4. The topological polar surface area (TPSA) is 79.4 Å². The molecule has 0 aliphatic rings. The van der Waals surface area contributed by atoms with Gasteiger partial charge < -0.3 is 14.8 Å². The number of nitrogens with one attached hydrogen (secondary N) is 1. The molecule has 0 radical (unpaired) electrons. The zero-order chi connectivity index (χ0) is 13.9. The number of H-pyrrole nitrogens is 1. The van der Waals surface area contributed by atoms with E-state index in [1.807, 2.05) is 0 Å². The van der Waals surface area contributed by atoms with E-state index in [4.69, 9.17) is 16.7 Å². The van der Waals surface area contributed by atoms with E-state index in [-0.39, 0.29) is 5.56 Å². The van der Waals surface area contributed by atoms with Crippen molar-refractivity contribution in [2.75, 3.05) is 0 Å². The van der Waals surface area contributed by atoms with Crippen molar-refractivity contribution in [1.29, 1.82) is 0 Å². The first-order valence-electron chi connectivity index (χ1n) is 4.51. The lowest BCUT2D eigenvalue weighted by Crippen LogP contribution is -2.24. The largest absolute Gasteiger partial charge is 0.574 e. The lowest BCUT2D eigenvalue weighted by atomic mass is 10.1. The van der Waals surface area contributed by atoms with Crippen molar-refractivity contribution in [3.63, 3.8) is 0 Å². The van der Waals surface area contributed by atoms with Crippen LogP contribution in [0.25, 0.3) is 0 Å². The number of hydrogen-bond acceptors (Lipinski definition) is 3. The number of carboxylic acids is 1. The summed E-state index contributed by atoms with van der Waals surface area (Å²) in [5.74, 6) is -2.66. The smallest absolute Gasteiger partial charge is 0.481 e. The predicted molar refractivity (Wildman–Crippen MR) is 54.6 cm³/mol. The van der Waals surface area contributed by atoms with Gasteiger partial charge >= 0.3 is 12.3 Å². The minimum atomic E-state index is -4.97. The van der Waals surface area contributed by atoms with Gasteiger partial charge in [0, 0.05) is 11.8 Å². The highest BCUT2D eigenvalue weighted by molar-refractivity contribution is 6.17. The maximum absolute atomic E-state index is 12.0. The van der Waals surface area contributed by atoms with Crippen LogP contribution >= 0.6 is 11.6 Å². The number of hydrogen-bond donors (Lipinski definition) is 2. The lowest BCUT2D eigenvalue weighted by molar-refractivity contribution is -0.276. The summed E-state index contributed by atoms with van der Waals surface area (Å²) in [6.07, 6.45) is -4.74. The van der Waals surface area contributed by atoms with E-state index in [2.05, 4.69) is 9.72 Å². The van der Waals surface area contributed by atoms with Crippen molar-refractivity contribution in [2.45, 2.75) is 18.7 Å². The number of halogens is 4. The Bertz CT molecular complexity index is 512. The fourth-order valence-electron chi connectivity index (χ4n) is 1.22. The van der Waals surface area contributed by atoms with Crippen LogP contribution in [0, 0.1) is 0 Å². The second kappa shape index (κ2) is 5.30. The molecule has 9 heteroatoms. The van der Waals surface area contributed by atoms with Gasteiger partial charge in [0.1, 0.15) is 0 Å². The van der Waals surface area contributed by atoms with Crippen molar-refractivity contribution in [3.05, 3.63) is 27.5 Å². The Morgan fingerprint density at radius 1 is 1.50 bits per heavy atom. The van der Waals surface area contributed by atoms with Gasteiger partial charge in [-0.2, -0.15) is 0 Å². The molecular formula is C9H7ClF3NO4. The van der Waals surface area contributed by atoms with Gasteiger partial charge in [0.2, 0.25) is 5.88 Å². The molecule has 0 atom stereocenters. The second-order valence-electron chi connectivity index (χ2n) is 3.20.